The summed E-state index contributed by atoms with van der Waals surface area (Å²) < 4.78 is 6.94. The topological polar surface area (TPSA) is 34.2 Å². The summed E-state index contributed by atoms with van der Waals surface area (Å²) >= 11 is 1.69. The lowest BCUT2D eigenvalue weighted by molar-refractivity contribution is 0.0832. The number of rotatable bonds is 4. The van der Waals surface area contributed by atoms with E-state index in [1.54, 1.807) is 11.3 Å². The highest BCUT2D eigenvalue weighted by Gasteiger charge is 2.21. The van der Waals surface area contributed by atoms with Crippen LogP contribution in [-0.2, 0) is 11.3 Å². The largest absolute Gasteiger partial charge is 0.377 e. The van der Waals surface area contributed by atoms with E-state index in [4.69, 9.17) is 4.74 Å². The van der Waals surface area contributed by atoms with Crippen LogP contribution >= 0.6 is 11.3 Å². The van der Waals surface area contributed by atoms with Gasteiger partial charge in [0.1, 0.15) is 0 Å². The fourth-order valence-electron chi connectivity index (χ4n) is 2.42. The van der Waals surface area contributed by atoms with Crippen molar-refractivity contribution in [3.05, 3.63) is 29.3 Å². The van der Waals surface area contributed by atoms with Crippen LogP contribution in [0.15, 0.2) is 23.7 Å². The number of hydrogen-bond acceptors (Lipinski definition) is 4. The van der Waals surface area contributed by atoms with Crippen LogP contribution in [0.25, 0.3) is 10.2 Å². The van der Waals surface area contributed by atoms with Crippen LogP contribution in [0.2, 0.25) is 0 Å². The molecule has 2 aromatic rings. The highest BCUT2D eigenvalue weighted by atomic mass is 32.1. The third-order valence-corrected chi connectivity index (χ3v) is 4.36. The van der Waals surface area contributed by atoms with Crippen molar-refractivity contribution in [3.8, 4) is 0 Å². The number of benzene rings is 1. The van der Waals surface area contributed by atoms with E-state index in [-0.39, 0.29) is 0 Å². The second kappa shape index (κ2) is 5.34. The van der Waals surface area contributed by atoms with E-state index in [1.807, 2.05) is 5.51 Å². The molecule has 0 spiro atoms. The number of fused-ring (bicyclic) bond motifs is 1. The van der Waals surface area contributed by atoms with Crippen molar-refractivity contribution in [3.63, 3.8) is 0 Å². The first-order valence-corrected chi connectivity index (χ1v) is 7.38. The zero-order valence-corrected chi connectivity index (χ0v) is 11.4. The Morgan fingerprint density at radius 2 is 2.50 bits per heavy atom. The maximum absolute atomic E-state index is 5.69. The van der Waals surface area contributed by atoms with Crippen LogP contribution in [0.5, 0.6) is 0 Å². The molecule has 1 aromatic heterocycles. The number of aromatic nitrogens is 1. The highest BCUT2D eigenvalue weighted by molar-refractivity contribution is 7.16. The Labute approximate surface area is 111 Å². The summed E-state index contributed by atoms with van der Waals surface area (Å²) in [4.78, 5) is 4.35. The van der Waals surface area contributed by atoms with Gasteiger partial charge in [0.2, 0.25) is 0 Å². The first-order chi connectivity index (χ1) is 8.83. The molecule has 0 aliphatic carbocycles. The molecule has 1 aliphatic rings. The average molecular weight is 262 g/mol. The Kier molecular flexibility index (Phi) is 3.59. The predicted octanol–water partition coefficient (Wildman–Crippen LogP) is 2.95. The van der Waals surface area contributed by atoms with Crippen LogP contribution in [0.4, 0.5) is 0 Å². The normalized spacial score (nSPS) is 21.5. The summed E-state index contributed by atoms with van der Waals surface area (Å²) in [5.41, 5.74) is 4.29. The molecular weight excluding hydrogens is 244 g/mol. The summed E-state index contributed by atoms with van der Waals surface area (Å²) in [7, 11) is 0. The first-order valence-electron chi connectivity index (χ1n) is 6.50. The SMILES string of the molecule is CC(NCc1ccc2scnc2c1)C1CCCO1. The third kappa shape index (κ3) is 2.55. The molecule has 3 rings (SSSR count). The van der Waals surface area contributed by atoms with E-state index in [0.717, 1.165) is 18.7 Å². The molecule has 0 amide bonds. The smallest absolute Gasteiger partial charge is 0.0815 e. The fourth-order valence-corrected chi connectivity index (χ4v) is 3.08. The minimum absolute atomic E-state index is 0.382. The van der Waals surface area contributed by atoms with Gasteiger partial charge in [-0.05, 0) is 37.5 Å². The molecule has 18 heavy (non-hydrogen) atoms. The summed E-state index contributed by atoms with van der Waals surface area (Å²) in [6, 6.07) is 6.91. The molecule has 0 radical (unpaired) electrons. The Bertz CT molecular complexity index is 519. The van der Waals surface area contributed by atoms with E-state index in [2.05, 4.69) is 35.4 Å². The van der Waals surface area contributed by atoms with Gasteiger partial charge in [0.05, 0.1) is 21.8 Å². The molecule has 4 heteroatoms. The zero-order chi connectivity index (χ0) is 12.4. The van der Waals surface area contributed by atoms with Crippen LogP contribution in [0, 0.1) is 0 Å². The zero-order valence-electron chi connectivity index (χ0n) is 10.6. The van der Waals surface area contributed by atoms with Gasteiger partial charge in [-0.1, -0.05) is 6.07 Å². The van der Waals surface area contributed by atoms with Gasteiger partial charge >= 0.3 is 0 Å². The second-order valence-corrected chi connectivity index (χ2v) is 5.76. The van der Waals surface area contributed by atoms with Crippen molar-refractivity contribution in [2.75, 3.05) is 6.61 Å². The second-order valence-electron chi connectivity index (χ2n) is 4.88. The van der Waals surface area contributed by atoms with Crippen LogP contribution in [0.1, 0.15) is 25.3 Å². The van der Waals surface area contributed by atoms with Crippen molar-refractivity contribution >= 4 is 21.6 Å². The molecule has 2 atom stereocenters. The molecule has 1 N–H and O–H groups in total. The fraction of sp³-hybridized carbons (Fsp3) is 0.500. The standard InChI is InChI=1S/C14H18N2OS/c1-10(13-3-2-6-17-13)15-8-11-4-5-14-12(7-11)16-9-18-14/h4-5,7,9-10,13,15H,2-3,6,8H2,1H3. The number of thiazole rings is 1. The van der Waals surface area contributed by atoms with Crippen LogP contribution < -0.4 is 5.32 Å². The van der Waals surface area contributed by atoms with Crippen molar-refractivity contribution in [2.45, 2.75) is 38.5 Å². The summed E-state index contributed by atoms with van der Waals surface area (Å²) in [5.74, 6) is 0. The minimum atomic E-state index is 0.382. The Balaban J connectivity index is 1.61. The molecular formula is C14H18N2OS. The van der Waals surface area contributed by atoms with E-state index in [1.165, 1.54) is 23.1 Å². The molecule has 1 aromatic carbocycles. The quantitative estimate of drug-likeness (QED) is 0.920. The number of nitrogens with zero attached hydrogens (tertiary/aromatic N) is 1. The van der Waals surface area contributed by atoms with E-state index >= 15 is 0 Å². The Morgan fingerprint density at radius 1 is 1.56 bits per heavy atom. The van der Waals surface area contributed by atoms with E-state index in [9.17, 15) is 0 Å². The van der Waals surface area contributed by atoms with Crippen molar-refractivity contribution in [1.29, 1.82) is 0 Å². The van der Waals surface area contributed by atoms with Gasteiger partial charge in [-0.3, -0.25) is 0 Å². The lowest BCUT2D eigenvalue weighted by Crippen LogP contribution is -2.36. The molecule has 2 unspecified atom stereocenters. The number of hydrogen-bond donors (Lipinski definition) is 1. The van der Waals surface area contributed by atoms with Gasteiger partial charge in [-0.2, -0.15) is 0 Å². The number of nitrogens with one attached hydrogen (secondary N) is 1. The molecule has 0 saturated carbocycles. The summed E-state index contributed by atoms with van der Waals surface area (Å²) in [5, 5.41) is 3.55. The highest BCUT2D eigenvalue weighted by Crippen LogP contribution is 2.19. The maximum Gasteiger partial charge on any atom is 0.0815 e. The van der Waals surface area contributed by atoms with Gasteiger partial charge in [0, 0.05) is 19.2 Å². The van der Waals surface area contributed by atoms with Gasteiger partial charge in [-0.25, -0.2) is 4.98 Å². The molecule has 1 fully saturated rings. The lowest BCUT2D eigenvalue weighted by Gasteiger charge is -2.20. The first kappa shape index (κ1) is 12.1. The Morgan fingerprint density at radius 3 is 3.33 bits per heavy atom. The summed E-state index contributed by atoms with van der Waals surface area (Å²) in [6.07, 6.45) is 2.76. The van der Waals surface area contributed by atoms with Gasteiger partial charge in [0.25, 0.3) is 0 Å². The van der Waals surface area contributed by atoms with Gasteiger partial charge in [-0.15, -0.1) is 11.3 Å². The number of ether oxygens (including phenoxy) is 1. The average Bonchev–Trinajstić information content (AvgIpc) is 3.05. The molecule has 3 nitrogen and oxygen atoms in total. The van der Waals surface area contributed by atoms with Gasteiger partial charge < -0.3 is 10.1 Å². The third-order valence-electron chi connectivity index (χ3n) is 3.55. The molecule has 2 heterocycles. The predicted molar refractivity (Wildman–Crippen MR) is 74.9 cm³/mol. The van der Waals surface area contributed by atoms with Crippen molar-refractivity contribution in [1.82, 2.24) is 10.3 Å². The van der Waals surface area contributed by atoms with Crippen LogP contribution in [0.3, 0.4) is 0 Å². The monoisotopic (exact) mass is 262 g/mol. The lowest BCUT2D eigenvalue weighted by atomic mass is 10.1. The molecule has 1 saturated heterocycles. The van der Waals surface area contributed by atoms with Gasteiger partial charge in [0.15, 0.2) is 0 Å². The maximum atomic E-state index is 5.69. The summed E-state index contributed by atoms with van der Waals surface area (Å²) in [6.45, 7) is 4.01. The molecule has 1 aliphatic heterocycles. The van der Waals surface area contributed by atoms with E-state index in [0.29, 0.717) is 12.1 Å². The minimum Gasteiger partial charge on any atom is -0.377 e. The molecule has 96 valence electrons. The van der Waals surface area contributed by atoms with E-state index < -0.39 is 0 Å². The van der Waals surface area contributed by atoms with Crippen LogP contribution in [-0.4, -0.2) is 23.7 Å². The van der Waals surface area contributed by atoms with Crippen molar-refractivity contribution < 1.29 is 4.74 Å². The Hall–Kier alpha value is -0.970. The molecule has 0 bridgehead atoms. The van der Waals surface area contributed by atoms with Crippen molar-refractivity contribution in [2.24, 2.45) is 0 Å².